The van der Waals surface area contributed by atoms with Gasteiger partial charge in [-0.25, -0.2) is 4.98 Å². The Morgan fingerprint density at radius 3 is 2.56 bits per heavy atom. The summed E-state index contributed by atoms with van der Waals surface area (Å²) in [6, 6.07) is 13.6. The van der Waals surface area contributed by atoms with Crippen molar-refractivity contribution in [3.63, 3.8) is 0 Å². The van der Waals surface area contributed by atoms with Crippen molar-refractivity contribution >= 4 is 49.1 Å². The first-order valence-corrected chi connectivity index (χ1v) is 9.34. The van der Waals surface area contributed by atoms with E-state index < -0.39 is 0 Å². The molecule has 4 aromatic rings. The Hall–Kier alpha value is -3.12. The summed E-state index contributed by atoms with van der Waals surface area (Å²) >= 11 is 1.42. The SMILES string of the molecule is COc1cc2ccccc2cc1C(=O)Nc1c(C)cc2nc(N)sc2c1C. The summed E-state index contributed by atoms with van der Waals surface area (Å²) in [5.74, 6) is 0.338. The molecule has 0 atom stereocenters. The Morgan fingerprint density at radius 1 is 1.15 bits per heavy atom. The zero-order valence-electron chi connectivity index (χ0n) is 15.3. The molecule has 1 aromatic heterocycles. The number of carbonyl (C=O) groups excluding carboxylic acids is 1. The number of carbonyl (C=O) groups is 1. The van der Waals surface area contributed by atoms with E-state index in [4.69, 9.17) is 10.5 Å². The third kappa shape index (κ3) is 2.98. The predicted octanol–water partition coefficient (Wildman–Crippen LogP) is 4.91. The van der Waals surface area contributed by atoms with Gasteiger partial charge in [0.15, 0.2) is 5.13 Å². The van der Waals surface area contributed by atoms with Gasteiger partial charge in [0.2, 0.25) is 0 Å². The second-order valence-corrected chi connectivity index (χ2v) is 7.48. The molecule has 0 aliphatic heterocycles. The van der Waals surface area contributed by atoms with Crippen LogP contribution in [-0.2, 0) is 0 Å². The highest BCUT2D eigenvalue weighted by Gasteiger charge is 2.18. The van der Waals surface area contributed by atoms with E-state index in [0.717, 1.165) is 37.8 Å². The first-order valence-electron chi connectivity index (χ1n) is 8.52. The quantitative estimate of drug-likeness (QED) is 0.532. The van der Waals surface area contributed by atoms with Crippen molar-refractivity contribution in [2.45, 2.75) is 13.8 Å². The molecule has 1 heterocycles. The number of rotatable bonds is 3. The van der Waals surface area contributed by atoms with E-state index in [1.807, 2.05) is 56.3 Å². The minimum atomic E-state index is -0.208. The number of amides is 1. The number of hydrogen-bond acceptors (Lipinski definition) is 5. The summed E-state index contributed by atoms with van der Waals surface area (Å²) in [7, 11) is 1.57. The molecule has 5 nitrogen and oxygen atoms in total. The minimum absolute atomic E-state index is 0.208. The summed E-state index contributed by atoms with van der Waals surface area (Å²) < 4.78 is 6.45. The molecule has 0 bridgehead atoms. The predicted molar refractivity (Wildman–Crippen MR) is 112 cm³/mol. The first kappa shape index (κ1) is 17.3. The number of aryl methyl sites for hydroxylation is 2. The van der Waals surface area contributed by atoms with Crippen molar-refractivity contribution in [2.75, 3.05) is 18.2 Å². The average molecular weight is 377 g/mol. The van der Waals surface area contributed by atoms with Crippen LogP contribution in [0.25, 0.3) is 21.0 Å². The number of nitrogens with zero attached hydrogens (tertiary/aromatic N) is 1. The fourth-order valence-corrected chi connectivity index (χ4v) is 4.16. The molecular weight excluding hydrogens is 358 g/mol. The Kier molecular flexibility index (Phi) is 4.20. The zero-order valence-corrected chi connectivity index (χ0v) is 16.1. The smallest absolute Gasteiger partial charge is 0.259 e. The number of anilines is 2. The van der Waals surface area contributed by atoms with Gasteiger partial charge >= 0.3 is 0 Å². The summed E-state index contributed by atoms with van der Waals surface area (Å²) in [5.41, 5.74) is 9.89. The molecule has 1 amide bonds. The largest absolute Gasteiger partial charge is 0.496 e. The second kappa shape index (κ2) is 6.55. The molecule has 3 aromatic carbocycles. The van der Waals surface area contributed by atoms with Crippen molar-refractivity contribution < 1.29 is 9.53 Å². The molecule has 0 fully saturated rings. The molecule has 0 aliphatic rings. The van der Waals surface area contributed by atoms with Gasteiger partial charge in [-0.15, -0.1) is 0 Å². The Labute approximate surface area is 160 Å². The highest BCUT2D eigenvalue weighted by molar-refractivity contribution is 7.22. The monoisotopic (exact) mass is 377 g/mol. The van der Waals surface area contributed by atoms with Gasteiger partial charge in [-0.2, -0.15) is 0 Å². The molecule has 27 heavy (non-hydrogen) atoms. The number of aromatic nitrogens is 1. The van der Waals surface area contributed by atoms with Gasteiger partial charge in [0.1, 0.15) is 5.75 Å². The molecular formula is C21H19N3O2S. The summed E-state index contributed by atoms with van der Waals surface area (Å²) in [5, 5.41) is 5.59. The summed E-state index contributed by atoms with van der Waals surface area (Å²) in [6.07, 6.45) is 0. The second-order valence-electron chi connectivity index (χ2n) is 6.45. The number of ether oxygens (including phenoxy) is 1. The van der Waals surface area contributed by atoms with E-state index in [1.165, 1.54) is 11.3 Å². The topological polar surface area (TPSA) is 77.2 Å². The molecule has 0 saturated heterocycles. The number of nitrogens with two attached hydrogens (primary N) is 1. The summed E-state index contributed by atoms with van der Waals surface area (Å²) in [4.78, 5) is 17.4. The number of fused-ring (bicyclic) bond motifs is 2. The Morgan fingerprint density at radius 2 is 1.85 bits per heavy atom. The maximum atomic E-state index is 13.1. The molecule has 3 N–H and O–H groups in total. The zero-order chi connectivity index (χ0) is 19.1. The Balaban J connectivity index is 1.78. The fraction of sp³-hybridized carbons (Fsp3) is 0.143. The van der Waals surface area contributed by atoms with E-state index in [2.05, 4.69) is 10.3 Å². The van der Waals surface area contributed by atoms with Gasteiger partial charge in [-0.05, 0) is 53.9 Å². The van der Waals surface area contributed by atoms with E-state index in [-0.39, 0.29) is 5.91 Å². The maximum absolute atomic E-state index is 13.1. The molecule has 0 aliphatic carbocycles. The van der Waals surface area contributed by atoms with Crippen LogP contribution < -0.4 is 15.8 Å². The number of nitrogens with one attached hydrogen (secondary N) is 1. The van der Waals surface area contributed by atoms with E-state index in [0.29, 0.717) is 16.4 Å². The Bertz CT molecular complexity index is 1200. The third-order valence-corrected chi connectivity index (χ3v) is 5.70. The number of methoxy groups -OCH3 is 1. The normalized spacial score (nSPS) is 11.1. The van der Waals surface area contributed by atoms with Crippen LogP contribution in [0.3, 0.4) is 0 Å². The number of thiazole rings is 1. The van der Waals surface area contributed by atoms with Crippen LogP contribution in [0.15, 0.2) is 42.5 Å². The molecule has 0 saturated carbocycles. The molecule has 4 rings (SSSR count). The van der Waals surface area contributed by atoms with Crippen molar-refractivity contribution in [1.82, 2.24) is 4.98 Å². The highest BCUT2D eigenvalue weighted by Crippen LogP contribution is 2.35. The van der Waals surface area contributed by atoms with Gasteiger partial charge in [-0.3, -0.25) is 4.79 Å². The molecule has 136 valence electrons. The molecule has 0 unspecified atom stereocenters. The van der Waals surface area contributed by atoms with Gasteiger partial charge < -0.3 is 15.8 Å². The lowest BCUT2D eigenvalue weighted by Gasteiger charge is -2.14. The van der Waals surface area contributed by atoms with Crippen LogP contribution in [0.1, 0.15) is 21.5 Å². The van der Waals surface area contributed by atoms with Crippen LogP contribution in [0, 0.1) is 13.8 Å². The van der Waals surface area contributed by atoms with E-state index in [1.54, 1.807) is 7.11 Å². The average Bonchev–Trinajstić information content (AvgIpc) is 3.04. The first-order chi connectivity index (χ1) is 13.0. The minimum Gasteiger partial charge on any atom is -0.496 e. The van der Waals surface area contributed by atoms with Gasteiger partial charge in [0, 0.05) is 5.69 Å². The van der Waals surface area contributed by atoms with Gasteiger partial charge in [0.25, 0.3) is 5.91 Å². The van der Waals surface area contributed by atoms with Crippen molar-refractivity contribution in [2.24, 2.45) is 0 Å². The van der Waals surface area contributed by atoms with Crippen molar-refractivity contribution in [1.29, 1.82) is 0 Å². The molecule has 6 heteroatoms. The van der Waals surface area contributed by atoms with Crippen LogP contribution in [0.4, 0.5) is 10.8 Å². The standard InChI is InChI=1S/C21H19N3O2S/c1-11-8-16-19(27-21(22)23-16)12(2)18(11)24-20(25)15-9-13-6-4-5-7-14(13)10-17(15)26-3/h4-10H,1-3H3,(H2,22,23)(H,24,25). The van der Waals surface area contributed by atoms with Gasteiger partial charge in [-0.1, -0.05) is 35.6 Å². The lowest BCUT2D eigenvalue weighted by Crippen LogP contribution is -2.15. The fourth-order valence-electron chi connectivity index (χ4n) is 3.34. The number of benzene rings is 3. The number of hydrogen-bond donors (Lipinski definition) is 2. The van der Waals surface area contributed by atoms with Crippen molar-refractivity contribution in [3.05, 3.63) is 59.2 Å². The van der Waals surface area contributed by atoms with Gasteiger partial charge in [0.05, 0.1) is 22.9 Å². The maximum Gasteiger partial charge on any atom is 0.259 e. The highest BCUT2D eigenvalue weighted by atomic mass is 32.1. The van der Waals surface area contributed by atoms with Crippen LogP contribution in [-0.4, -0.2) is 18.0 Å². The van der Waals surface area contributed by atoms with E-state index >= 15 is 0 Å². The third-order valence-electron chi connectivity index (χ3n) is 4.68. The van der Waals surface area contributed by atoms with Crippen LogP contribution in [0.5, 0.6) is 5.75 Å². The molecule has 0 radical (unpaired) electrons. The van der Waals surface area contributed by atoms with E-state index in [9.17, 15) is 4.79 Å². The number of nitrogen functional groups attached to an aromatic ring is 1. The lowest BCUT2D eigenvalue weighted by molar-refractivity contribution is 0.102. The van der Waals surface area contributed by atoms with Crippen LogP contribution in [0.2, 0.25) is 0 Å². The molecule has 0 spiro atoms. The van der Waals surface area contributed by atoms with Crippen LogP contribution >= 0.6 is 11.3 Å². The van der Waals surface area contributed by atoms with Crippen molar-refractivity contribution in [3.8, 4) is 5.75 Å². The summed E-state index contributed by atoms with van der Waals surface area (Å²) in [6.45, 7) is 3.93. The lowest BCUT2D eigenvalue weighted by atomic mass is 10.0.